The Morgan fingerprint density at radius 2 is 0.796 bits per heavy atom. The summed E-state index contributed by atoms with van der Waals surface area (Å²) in [5.41, 5.74) is 41.9. The van der Waals surface area contributed by atoms with E-state index in [2.05, 4.69) is 148 Å². The first kappa shape index (κ1) is 47.7. The minimum atomic E-state index is 0. The maximum atomic E-state index is 8.41. The van der Waals surface area contributed by atoms with E-state index in [0.717, 1.165) is 5.56 Å². The molecule has 0 aromatic heterocycles. The van der Waals surface area contributed by atoms with E-state index in [1.807, 2.05) is 0 Å². The van der Waals surface area contributed by atoms with Gasteiger partial charge in [0.15, 0.2) is 0 Å². The van der Waals surface area contributed by atoms with E-state index in [4.69, 9.17) is 33.9 Å². The van der Waals surface area contributed by atoms with Gasteiger partial charge in [-0.3, -0.25) is 4.91 Å². The topological polar surface area (TPSA) is 133 Å². The van der Waals surface area contributed by atoms with Gasteiger partial charge in [0, 0.05) is 17.3 Å². The number of azide groups is 1. The zero-order valence-electron chi connectivity index (χ0n) is 35.7. The summed E-state index contributed by atoms with van der Waals surface area (Å²) in [6, 6.07) is 20.1. The van der Waals surface area contributed by atoms with Crippen molar-refractivity contribution in [2.45, 2.75) is 173 Å². The molecule has 288 valence electrons. The molecule has 0 amide bonds. The van der Waals surface area contributed by atoms with E-state index in [0.29, 0.717) is 40.6 Å². The summed E-state index contributed by atoms with van der Waals surface area (Å²) in [6.45, 7) is 29.1. The number of benzene rings is 3. The Morgan fingerprint density at radius 1 is 0.519 bits per heavy atom. The number of fused-ring (bicyclic) bond motifs is 3. The number of rotatable bonds is 4. The number of halogens is 1. The third-order valence-electron chi connectivity index (χ3n) is 12.5. The van der Waals surface area contributed by atoms with Crippen molar-refractivity contribution in [2.24, 2.45) is 10.8 Å². The molecule has 0 bridgehead atoms. The molecule has 0 heterocycles. The van der Waals surface area contributed by atoms with Crippen molar-refractivity contribution in [3.05, 3.63) is 131 Å². The van der Waals surface area contributed by atoms with Crippen molar-refractivity contribution < 1.29 is 29.6 Å². The molecule has 54 heavy (non-hydrogen) atoms. The fraction of sp³-hybridized carbons (Fsp3) is 0.600. The molecule has 0 atom stereocenters. The van der Waals surface area contributed by atoms with Gasteiger partial charge >= 0.3 is 29.6 Å². The first-order valence-electron chi connectivity index (χ1n) is 19.2. The maximum Gasteiger partial charge on any atom is 1.00 e. The first-order valence-corrected chi connectivity index (χ1v) is 19.7. The second kappa shape index (κ2) is 18.6. The molecule has 6 rings (SSSR count). The van der Waals surface area contributed by atoms with Crippen LogP contribution in [0.3, 0.4) is 0 Å². The number of alkyl halides is 1. The van der Waals surface area contributed by atoms with Crippen molar-refractivity contribution in [1.82, 2.24) is 0 Å². The SMILES string of the molecule is CC1(C)CCC(C)(C)c2cc(CCl)ccc21.CC1(C)CCC(C)(C)c2cc(CN)ccc21.CC1(C)CCC(C)(C)c2cc(CN=[N+]=[N-])ccc21.[N-]=[N+]=[N-].[Na+]. The van der Waals surface area contributed by atoms with Gasteiger partial charge in [0.25, 0.3) is 0 Å². The fourth-order valence-electron chi connectivity index (χ4n) is 8.33. The summed E-state index contributed by atoms with van der Waals surface area (Å²) in [5, 5.41) is 3.66. The van der Waals surface area contributed by atoms with E-state index >= 15 is 0 Å². The van der Waals surface area contributed by atoms with Crippen LogP contribution in [0.15, 0.2) is 59.7 Å². The molecule has 9 heteroatoms. The summed E-state index contributed by atoms with van der Waals surface area (Å²) in [4.78, 5) is 4.33. The van der Waals surface area contributed by atoms with Gasteiger partial charge < -0.3 is 16.8 Å². The van der Waals surface area contributed by atoms with Crippen LogP contribution in [0.25, 0.3) is 26.4 Å². The molecular formula is C45H65ClN7Na. The van der Waals surface area contributed by atoms with Crippen LogP contribution < -0.4 is 35.3 Å². The van der Waals surface area contributed by atoms with Crippen molar-refractivity contribution in [1.29, 1.82) is 0 Å². The molecule has 0 fully saturated rings. The van der Waals surface area contributed by atoms with Gasteiger partial charge in [0.2, 0.25) is 0 Å². The van der Waals surface area contributed by atoms with E-state index in [1.54, 1.807) is 0 Å². The van der Waals surface area contributed by atoms with Gasteiger partial charge in [0.1, 0.15) is 0 Å². The van der Waals surface area contributed by atoms with Gasteiger partial charge in [-0.05, 0) is 127 Å². The Hall–Kier alpha value is -2.47. The Morgan fingerprint density at radius 3 is 1.11 bits per heavy atom. The van der Waals surface area contributed by atoms with Crippen LogP contribution in [0.2, 0.25) is 0 Å². The van der Waals surface area contributed by atoms with Gasteiger partial charge in [-0.2, -0.15) is 0 Å². The molecule has 0 saturated heterocycles. The van der Waals surface area contributed by atoms with Crippen LogP contribution in [-0.2, 0) is 51.5 Å². The van der Waals surface area contributed by atoms with Crippen LogP contribution >= 0.6 is 11.6 Å². The molecule has 7 nitrogen and oxygen atoms in total. The normalized spacial score (nSPS) is 19.5. The Labute approximate surface area is 354 Å². The Bertz CT molecular complexity index is 1750. The average Bonchev–Trinajstić information content (AvgIpc) is 3.10. The molecule has 3 aliphatic rings. The molecule has 0 spiro atoms. The van der Waals surface area contributed by atoms with Crippen molar-refractivity contribution in [2.75, 3.05) is 0 Å². The van der Waals surface area contributed by atoms with Crippen molar-refractivity contribution in [3.63, 3.8) is 0 Å². The Kier molecular flexibility index (Phi) is 16.5. The molecule has 0 aliphatic heterocycles. The largest absolute Gasteiger partial charge is 1.00 e. The monoisotopic (exact) mass is 761 g/mol. The minimum absolute atomic E-state index is 0. The van der Waals surface area contributed by atoms with Crippen LogP contribution in [0.4, 0.5) is 0 Å². The summed E-state index contributed by atoms with van der Waals surface area (Å²) in [6.07, 6.45) is 7.50. The second-order valence-corrected chi connectivity index (χ2v) is 19.5. The molecular weight excluding hydrogens is 697 g/mol. The molecule has 3 aromatic carbocycles. The minimum Gasteiger partial charge on any atom is -0.373 e. The van der Waals surface area contributed by atoms with Crippen molar-refractivity contribution in [3.8, 4) is 0 Å². The van der Waals surface area contributed by atoms with Gasteiger partial charge in [0.05, 0.1) is 6.54 Å². The molecule has 3 aromatic rings. The predicted octanol–water partition coefficient (Wildman–Crippen LogP) is 11.0. The quantitative estimate of drug-likeness (QED) is 0.0915. The zero-order valence-corrected chi connectivity index (χ0v) is 38.5. The van der Waals surface area contributed by atoms with Crippen LogP contribution in [0.5, 0.6) is 0 Å². The van der Waals surface area contributed by atoms with E-state index in [-0.39, 0.29) is 40.4 Å². The smallest absolute Gasteiger partial charge is 0.373 e. The van der Waals surface area contributed by atoms with Gasteiger partial charge in [-0.25, -0.2) is 0 Å². The van der Waals surface area contributed by atoms with Crippen molar-refractivity contribution >= 4 is 11.6 Å². The van der Waals surface area contributed by atoms with Gasteiger partial charge in [-0.1, -0.05) is 143 Å². The molecule has 0 unspecified atom stereocenters. The van der Waals surface area contributed by atoms with Crippen LogP contribution in [0, 0.1) is 0 Å². The number of nitrogens with two attached hydrogens (primary N) is 1. The number of hydrogen-bond acceptors (Lipinski definition) is 2. The zero-order chi connectivity index (χ0) is 40.0. The maximum absolute atomic E-state index is 8.41. The molecule has 3 aliphatic carbocycles. The predicted molar refractivity (Wildman–Crippen MR) is 226 cm³/mol. The molecule has 2 N–H and O–H groups in total. The van der Waals surface area contributed by atoms with E-state index < -0.39 is 0 Å². The number of nitrogens with zero attached hydrogens (tertiary/aromatic N) is 6. The number of hydrogen-bond donors (Lipinski definition) is 1. The summed E-state index contributed by atoms with van der Waals surface area (Å²) >= 11 is 5.93. The summed E-state index contributed by atoms with van der Waals surface area (Å²) in [5.74, 6) is 0.615. The second-order valence-electron chi connectivity index (χ2n) is 19.3. The van der Waals surface area contributed by atoms with Gasteiger partial charge in [-0.15, -0.1) is 11.6 Å². The summed E-state index contributed by atoms with van der Waals surface area (Å²) < 4.78 is 0. The third kappa shape index (κ3) is 11.3. The third-order valence-corrected chi connectivity index (χ3v) is 12.8. The fourth-order valence-corrected chi connectivity index (χ4v) is 8.50. The van der Waals surface area contributed by atoms with E-state index in [1.165, 1.54) is 87.9 Å². The summed E-state index contributed by atoms with van der Waals surface area (Å²) in [7, 11) is 0. The Balaban J connectivity index is 0.000000268. The first-order chi connectivity index (χ1) is 24.5. The van der Waals surface area contributed by atoms with Crippen LogP contribution in [0.1, 0.15) is 172 Å². The van der Waals surface area contributed by atoms with E-state index in [9.17, 15) is 0 Å². The van der Waals surface area contributed by atoms with Crippen LogP contribution in [-0.4, -0.2) is 0 Å². The molecule has 0 radical (unpaired) electrons. The standard InChI is InChI=1S/C15H21Cl.C15H21N3.C15H23N.N3.Na/c1-14(2)7-8-15(3,4)13-9-11(10-16)5-6-12(13)14;1-14(2)7-8-15(3,4)13-9-11(10-17-18-16)5-6-12(13)14;1-14(2)7-8-15(3,4)13-9-11(10-16)5-6-12(13)14;1-3-2;/h5-6,9H,7-8,10H2,1-4H3;5-6,9H,7-8,10H2,1-4H3;5-6,9H,7-8,10,16H2,1-4H3;;/q;;;-1;+1. The molecule has 0 saturated carbocycles. The average molecular weight is 763 g/mol.